The van der Waals surface area contributed by atoms with Crippen LogP contribution in [0.1, 0.15) is 98.8 Å². The number of aliphatic hydroxyl groups excluding tert-OH is 1. The fourth-order valence-corrected chi connectivity index (χ4v) is 5.16. The van der Waals surface area contributed by atoms with Crippen LogP contribution in [-0.2, 0) is 14.2 Å². The number of hydrogen-bond acceptors (Lipinski definition) is 4. The minimum absolute atomic E-state index is 0. The summed E-state index contributed by atoms with van der Waals surface area (Å²) in [4.78, 5) is 5.00. The molecule has 4 bridgehead atoms. The van der Waals surface area contributed by atoms with Crippen molar-refractivity contribution in [2.75, 3.05) is 20.7 Å². The van der Waals surface area contributed by atoms with Crippen LogP contribution in [-0.4, -0.2) is 72.0 Å². The molecule has 0 aromatic heterocycles. The van der Waals surface area contributed by atoms with Crippen molar-refractivity contribution in [2.24, 2.45) is 0 Å². The van der Waals surface area contributed by atoms with E-state index in [0.29, 0.717) is 27.7 Å². The molecule has 31 heavy (non-hydrogen) atoms. The average Bonchev–Trinajstić information content (AvgIpc) is 3.06. The molecule has 0 saturated carbocycles. The van der Waals surface area contributed by atoms with Crippen LogP contribution in [0.25, 0.3) is 0 Å². The molecule has 0 aliphatic carbocycles. The summed E-state index contributed by atoms with van der Waals surface area (Å²) in [6.07, 6.45) is 14.3. The summed E-state index contributed by atoms with van der Waals surface area (Å²) in [7, 11) is 5.09. The number of rotatable bonds is 4. The van der Waals surface area contributed by atoms with Gasteiger partial charge in [-0.05, 0) is 71.9 Å². The van der Waals surface area contributed by atoms with Gasteiger partial charge >= 0.3 is 49.4 Å². The van der Waals surface area contributed by atoms with Crippen LogP contribution in [0.4, 0.5) is 0 Å². The topological polar surface area (TPSA) is 35.9 Å². The average molecular weight is 703 g/mol. The van der Waals surface area contributed by atoms with Crippen molar-refractivity contribution in [3.8, 4) is 0 Å². The van der Waals surface area contributed by atoms with Gasteiger partial charge in [-0.15, -0.1) is 0 Å². The Bertz CT molecular complexity index is 406. The molecule has 4 rings (SSSR count). The van der Waals surface area contributed by atoms with E-state index in [4.69, 9.17) is 4.74 Å². The van der Waals surface area contributed by atoms with Crippen molar-refractivity contribution in [3.05, 3.63) is 0 Å². The molecule has 0 amide bonds. The number of halogens is 2. The van der Waals surface area contributed by atoms with E-state index in [1.54, 1.807) is 0 Å². The van der Waals surface area contributed by atoms with Gasteiger partial charge in [-0.1, -0.05) is 41.0 Å². The summed E-state index contributed by atoms with van der Waals surface area (Å²) in [6, 6.07) is 3.02. The van der Waals surface area contributed by atoms with Crippen molar-refractivity contribution in [1.82, 2.24) is 9.80 Å². The Morgan fingerprint density at radius 1 is 0.774 bits per heavy atom. The fraction of sp³-hybridized carbons (Fsp3) is 1.00. The van der Waals surface area contributed by atoms with Crippen molar-refractivity contribution >= 4 is 40.0 Å². The Kier molecular flexibility index (Phi) is 20.3. The van der Waals surface area contributed by atoms with Gasteiger partial charge in [-0.25, -0.2) is 0 Å². The van der Waals surface area contributed by atoms with Gasteiger partial charge in [0, 0.05) is 30.8 Å². The second kappa shape index (κ2) is 19.1. The first kappa shape index (κ1) is 32.9. The number of ether oxygens (including phenoxy) is 1. The van der Waals surface area contributed by atoms with Gasteiger partial charge in [-0.3, -0.25) is 0 Å². The van der Waals surface area contributed by atoms with E-state index in [1.165, 1.54) is 51.4 Å². The molecule has 4 unspecified atom stereocenters. The monoisotopic (exact) mass is 703 g/mol. The van der Waals surface area contributed by atoms with Gasteiger partial charge in [-0.2, -0.15) is 0 Å². The van der Waals surface area contributed by atoms with E-state index in [2.05, 4.69) is 84.6 Å². The molecule has 4 saturated heterocycles. The van der Waals surface area contributed by atoms with Crippen LogP contribution < -0.4 is 0 Å². The number of piperidine rings is 2. The van der Waals surface area contributed by atoms with Crippen LogP contribution in [0.2, 0.25) is 0 Å². The zero-order valence-electron chi connectivity index (χ0n) is 19.9. The van der Waals surface area contributed by atoms with Crippen LogP contribution in [0.5, 0.6) is 0 Å². The fourth-order valence-electron chi connectivity index (χ4n) is 5.16. The third-order valence-corrected chi connectivity index (χ3v) is 7.19. The van der Waals surface area contributed by atoms with E-state index in [-0.39, 0.29) is 13.5 Å². The summed E-state index contributed by atoms with van der Waals surface area (Å²) < 4.78 is 5.83. The SMILES string of the molecule is C.CCCC.CCCOC1CC2CCC(C1)N2C.CN1C2CCC1CC(O)C2.[I][V][I]. The molecule has 187 valence electrons. The van der Waals surface area contributed by atoms with E-state index < -0.39 is 0 Å². The van der Waals surface area contributed by atoms with Crippen molar-refractivity contribution in [1.29, 1.82) is 0 Å². The Morgan fingerprint density at radius 3 is 1.45 bits per heavy atom. The molecular weight excluding hydrogens is 653 g/mol. The second-order valence-corrected chi connectivity index (χ2v) is 21.0. The van der Waals surface area contributed by atoms with Gasteiger partial charge in [0.25, 0.3) is 0 Å². The molecule has 4 heterocycles. The summed E-state index contributed by atoms with van der Waals surface area (Å²) >= 11 is 4.74. The predicted octanol–water partition coefficient (Wildman–Crippen LogP) is 6.85. The normalized spacial score (nSPS) is 33.5. The summed E-state index contributed by atoms with van der Waals surface area (Å²) in [5.74, 6) is 0. The first-order chi connectivity index (χ1) is 14.4. The van der Waals surface area contributed by atoms with Crippen molar-refractivity contribution in [2.45, 2.75) is 135 Å². The molecular formula is C24H50I2N2O2V. The van der Waals surface area contributed by atoms with E-state index >= 15 is 0 Å². The number of unbranched alkanes of at least 4 members (excludes halogenated alkanes) is 1. The van der Waals surface area contributed by atoms with Gasteiger partial charge in [0.05, 0.1) is 12.2 Å². The van der Waals surface area contributed by atoms with Gasteiger partial charge < -0.3 is 19.6 Å². The molecule has 4 nitrogen and oxygen atoms in total. The Morgan fingerprint density at radius 2 is 1.13 bits per heavy atom. The van der Waals surface area contributed by atoms with Crippen LogP contribution in [0, 0.1) is 0 Å². The minimum atomic E-state index is -0.00583. The van der Waals surface area contributed by atoms with Gasteiger partial charge in [0.2, 0.25) is 0 Å². The van der Waals surface area contributed by atoms with Crippen molar-refractivity contribution in [3.63, 3.8) is 0 Å². The Balaban J connectivity index is 0.000000445. The second-order valence-electron chi connectivity index (χ2n) is 9.25. The number of aliphatic hydroxyl groups is 1. The Labute approximate surface area is 223 Å². The maximum atomic E-state index is 9.38. The number of hydrogen-bond donors (Lipinski definition) is 1. The molecule has 4 aliphatic rings. The molecule has 7 heteroatoms. The van der Waals surface area contributed by atoms with Crippen LogP contribution >= 0.6 is 40.0 Å². The molecule has 4 fully saturated rings. The summed E-state index contributed by atoms with van der Waals surface area (Å²) in [5.41, 5.74) is 0. The molecule has 4 aliphatic heterocycles. The molecule has 0 spiro atoms. The first-order valence-corrected chi connectivity index (χ1v) is 21.1. The number of nitrogens with zero attached hydrogens (tertiary/aromatic N) is 2. The first-order valence-electron chi connectivity index (χ1n) is 12.1. The summed E-state index contributed by atoms with van der Waals surface area (Å²) in [6.45, 7) is 7.50. The van der Waals surface area contributed by atoms with E-state index in [9.17, 15) is 5.11 Å². The maximum absolute atomic E-state index is 9.38. The molecule has 0 radical (unpaired) electrons. The van der Waals surface area contributed by atoms with Gasteiger partial charge in [0.1, 0.15) is 0 Å². The van der Waals surface area contributed by atoms with Crippen LogP contribution in [0.3, 0.4) is 0 Å². The molecule has 1 N–H and O–H groups in total. The molecule has 0 aromatic carbocycles. The quantitative estimate of drug-likeness (QED) is 0.325. The summed E-state index contributed by atoms with van der Waals surface area (Å²) in [5, 5.41) is 9.38. The third-order valence-electron chi connectivity index (χ3n) is 7.19. The third kappa shape index (κ3) is 11.9. The standard InChI is InChI=1S/C11H21NO.C8H15NO.C4H10.CH4.2HI.V/c1-3-6-13-11-7-9-4-5-10(8-11)12(9)2;1-9-6-2-3-7(9)5-8(10)4-6;1-3-4-2;;;;/h9-11H,3-8H2,1-2H3;6-8,10H,2-5H2,1H3;3-4H2,1-2H3;1H4;2*1H;/q;;;;;;+2/p-2. The predicted molar refractivity (Wildman–Crippen MR) is 149 cm³/mol. The van der Waals surface area contributed by atoms with Gasteiger partial charge in [0.15, 0.2) is 0 Å². The molecule has 4 atom stereocenters. The number of fused-ring (bicyclic) bond motifs is 4. The zero-order chi connectivity index (χ0) is 22.5. The zero-order valence-corrected chi connectivity index (χ0v) is 25.6. The van der Waals surface area contributed by atoms with E-state index in [0.717, 1.165) is 38.0 Å². The van der Waals surface area contributed by atoms with Crippen LogP contribution in [0.15, 0.2) is 0 Å². The Hall–Kier alpha value is 1.88. The van der Waals surface area contributed by atoms with Crippen molar-refractivity contribution < 1.29 is 19.3 Å². The molecule has 0 aromatic rings. The van der Waals surface area contributed by atoms with E-state index in [1.807, 2.05) is 0 Å².